The zero-order chi connectivity index (χ0) is 10.7. The first-order valence-electron chi connectivity index (χ1n) is 6.03. The lowest BCUT2D eigenvalue weighted by Crippen LogP contribution is -2.45. The third-order valence-corrected chi connectivity index (χ3v) is 3.87. The number of carbonyl (C=O) groups excluding carboxylic acids is 1. The van der Waals surface area contributed by atoms with E-state index in [2.05, 4.69) is 4.90 Å². The Hall–Kier alpha value is -0.410. The molecule has 1 aliphatic carbocycles. The Morgan fingerprint density at radius 1 is 1.27 bits per heavy atom. The maximum atomic E-state index is 11.1. The van der Waals surface area contributed by atoms with Crippen LogP contribution in [0.25, 0.3) is 0 Å². The molecular weight excluding hydrogens is 190 g/mol. The van der Waals surface area contributed by atoms with Gasteiger partial charge in [0, 0.05) is 39.6 Å². The highest BCUT2D eigenvalue weighted by molar-refractivity contribution is 5.79. The van der Waals surface area contributed by atoms with E-state index in [1.165, 1.54) is 25.7 Å². The predicted molar refractivity (Wildman–Crippen MR) is 58.9 cm³/mol. The largest absolute Gasteiger partial charge is 0.377 e. The second-order valence-electron chi connectivity index (χ2n) is 4.91. The summed E-state index contributed by atoms with van der Waals surface area (Å²) in [5, 5.41) is 0. The minimum absolute atomic E-state index is 0.0976. The van der Waals surface area contributed by atoms with Crippen molar-refractivity contribution in [2.75, 3.05) is 26.7 Å². The smallest absolute Gasteiger partial charge is 0.135 e. The first kappa shape index (κ1) is 11.1. The normalized spacial score (nSPS) is 27.1. The highest BCUT2D eigenvalue weighted by Crippen LogP contribution is 2.33. The van der Waals surface area contributed by atoms with Gasteiger partial charge in [0.15, 0.2) is 0 Å². The Morgan fingerprint density at radius 3 is 2.40 bits per heavy atom. The van der Waals surface area contributed by atoms with Crippen molar-refractivity contribution in [3.05, 3.63) is 0 Å². The van der Waals surface area contributed by atoms with Gasteiger partial charge in [0.1, 0.15) is 5.78 Å². The summed E-state index contributed by atoms with van der Waals surface area (Å²) in [5.41, 5.74) is 0.0976. The number of Topliss-reactive ketones (excluding diaryl/α,β-unsaturated/α-hetero) is 1. The fourth-order valence-electron chi connectivity index (χ4n) is 2.81. The van der Waals surface area contributed by atoms with Crippen molar-refractivity contribution in [2.45, 2.75) is 44.1 Å². The molecule has 0 radical (unpaired) electrons. The summed E-state index contributed by atoms with van der Waals surface area (Å²) in [6.45, 7) is 2.89. The number of nitrogens with zero attached hydrogens (tertiary/aromatic N) is 1. The van der Waals surface area contributed by atoms with Crippen molar-refractivity contribution in [3.8, 4) is 0 Å². The van der Waals surface area contributed by atoms with Gasteiger partial charge in [-0.15, -0.1) is 0 Å². The molecule has 1 heterocycles. The van der Waals surface area contributed by atoms with Crippen molar-refractivity contribution < 1.29 is 9.53 Å². The zero-order valence-electron chi connectivity index (χ0n) is 9.63. The molecule has 0 aromatic rings. The fraction of sp³-hybridized carbons (Fsp3) is 0.917. The van der Waals surface area contributed by atoms with E-state index in [0.717, 1.165) is 32.5 Å². The molecule has 1 saturated heterocycles. The van der Waals surface area contributed by atoms with Crippen LogP contribution in [0.15, 0.2) is 0 Å². The van der Waals surface area contributed by atoms with Gasteiger partial charge in [-0.3, -0.25) is 9.69 Å². The Bertz CT molecular complexity index is 224. The van der Waals surface area contributed by atoms with Gasteiger partial charge in [-0.2, -0.15) is 0 Å². The summed E-state index contributed by atoms with van der Waals surface area (Å²) >= 11 is 0. The van der Waals surface area contributed by atoms with Crippen LogP contribution in [0.5, 0.6) is 0 Å². The van der Waals surface area contributed by atoms with Gasteiger partial charge in [0.25, 0.3) is 0 Å². The van der Waals surface area contributed by atoms with Crippen LogP contribution in [0, 0.1) is 0 Å². The highest BCUT2D eigenvalue weighted by atomic mass is 16.5. The van der Waals surface area contributed by atoms with Gasteiger partial charge in [-0.05, 0) is 12.8 Å². The van der Waals surface area contributed by atoms with Crippen LogP contribution in [0.1, 0.15) is 38.5 Å². The monoisotopic (exact) mass is 211 g/mol. The van der Waals surface area contributed by atoms with Gasteiger partial charge in [0.05, 0.1) is 5.60 Å². The van der Waals surface area contributed by atoms with Crippen LogP contribution in [-0.4, -0.2) is 43.0 Å². The molecule has 3 heteroatoms. The van der Waals surface area contributed by atoms with Gasteiger partial charge in [-0.25, -0.2) is 0 Å². The highest BCUT2D eigenvalue weighted by Gasteiger charge is 2.36. The second kappa shape index (κ2) is 4.62. The first-order valence-corrected chi connectivity index (χ1v) is 6.03. The molecule has 0 N–H and O–H groups in total. The van der Waals surface area contributed by atoms with Gasteiger partial charge < -0.3 is 4.74 Å². The summed E-state index contributed by atoms with van der Waals surface area (Å²) in [5.74, 6) is 0.420. The molecule has 3 nitrogen and oxygen atoms in total. The third-order valence-electron chi connectivity index (χ3n) is 3.87. The van der Waals surface area contributed by atoms with Gasteiger partial charge in [0.2, 0.25) is 0 Å². The molecular formula is C12H21NO2. The van der Waals surface area contributed by atoms with E-state index in [1.807, 2.05) is 7.11 Å². The number of carbonyl (C=O) groups is 1. The van der Waals surface area contributed by atoms with Gasteiger partial charge >= 0.3 is 0 Å². The van der Waals surface area contributed by atoms with Crippen LogP contribution in [0.2, 0.25) is 0 Å². The Morgan fingerprint density at radius 2 is 1.87 bits per heavy atom. The molecule has 2 aliphatic rings. The number of methoxy groups -OCH3 is 1. The van der Waals surface area contributed by atoms with E-state index in [4.69, 9.17) is 4.74 Å². The lowest BCUT2D eigenvalue weighted by atomic mass is 9.99. The van der Waals surface area contributed by atoms with Crippen LogP contribution >= 0.6 is 0 Å². The summed E-state index contributed by atoms with van der Waals surface area (Å²) in [7, 11) is 1.83. The van der Waals surface area contributed by atoms with E-state index < -0.39 is 0 Å². The van der Waals surface area contributed by atoms with Gasteiger partial charge in [-0.1, -0.05) is 12.8 Å². The molecule has 0 unspecified atom stereocenters. The maximum absolute atomic E-state index is 11.1. The molecule has 1 aliphatic heterocycles. The molecule has 0 atom stereocenters. The minimum atomic E-state index is 0.0976. The van der Waals surface area contributed by atoms with E-state index in [0.29, 0.717) is 5.78 Å². The summed E-state index contributed by atoms with van der Waals surface area (Å²) in [4.78, 5) is 13.5. The second-order valence-corrected chi connectivity index (χ2v) is 4.91. The zero-order valence-corrected chi connectivity index (χ0v) is 9.63. The number of hydrogen-bond acceptors (Lipinski definition) is 3. The lowest BCUT2D eigenvalue weighted by Gasteiger charge is -2.35. The molecule has 86 valence electrons. The van der Waals surface area contributed by atoms with Crippen LogP contribution in [0.3, 0.4) is 0 Å². The number of ketones is 1. The molecule has 0 bridgehead atoms. The van der Waals surface area contributed by atoms with E-state index >= 15 is 0 Å². The van der Waals surface area contributed by atoms with E-state index in [1.54, 1.807) is 0 Å². The summed E-state index contributed by atoms with van der Waals surface area (Å²) in [6.07, 6.45) is 6.43. The maximum Gasteiger partial charge on any atom is 0.135 e. The average molecular weight is 211 g/mol. The summed E-state index contributed by atoms with van der Waals surface area (Å²) in [6, 6.07) is 0. The average Bonchev–Trinajstić information content (AvgIpc) is 2.71. The van der Waals surface area contributed by atoms with Crippen molar-refractivity contribution in [2.24, 2.45) is 0 Å². The molecule has 0 aromatic heterocycles. The first-order chi connectivity index (χ1) is 7.24. The number of ether oxygens (including phenoxy) is 1. The lowest BCUT2D eigenvalue weighted by molar-refractivity contribution is -0.122. The Kier molecular flexibility index (Phi) is 3.42. The molecule has 2 rings (SSSR count). The topological polar surface area (TPSA) is 29.5 Å². The molecule has 2 fully saturated rings. The fourth-order valence-corrected chi connectivity index (χ4v) is 2.81. The Balaban J connectivity index is 1.87. The standard InChI is InChI=1S/C12H21NO2/c1-15-12(6-2-3-7-12)10-13-8-4-11(14)5-9-13/h2-10H2,1H3. The van der Waals surface area contributed by atoms with Crippen LogP contribution in [-0.2, 0) is 9.53 Å². The van der Waals surface area contributed by atoms with Crippen molar-refractivity contribution in [1.82, 2.24) is 4.90 Å². The minimum Gasteiger partial charge on any atom is -0.377 e. The number of likely N-dealkylation sites (tertiary alicyclic amines) is 1. The Labute approximate surface area is 91.8 Å². The van der Waals surface area contributed by atoms with Crippen LogP contribution in [0.4, 0.5) is 0 Å². The van der Waals surface area contributed by atoms with Crippen molar-refractivity contribution in [1.29, 1.82) is 0 Å². The molecule has 1 saturated carbocycles. The van der Waals surface area contributed by atoms with Crippen molar-refractivity contribution >= 4 is 5.78 Å². The van der Waals surface area contributed by atoms with E-state index in [-0.39, 0.29) is 5.60 Å². The SMILES string of the molecule is COC1(CN2CCC(=O)CC2)CCCC1. The molecule has 0 spiro atoms. The van der Waals surface area contributed by atoms with Crippen molar-refractivity contribution in [3.63, 3.8) is 0 Å². The number of piperidine rings is 1. The summed E-state index contributed by atoms with van der Waals surface area (Å²) < 4.78 is 5.70. The number of hydrogen-bond donors (Lipinski definition) is 0. The van der Waals surface area contributed by atoms with E-state index in [9.17, 15) is 4.79 Å². The quantitative estimate of drug-likeness (QED) is 0.710. The predicted octanol–water partition coefficient (Wildman–Crippen LogP) is 1.61. The molecule has 0 aromatic carbocycles. The number of rotatable bonds is 3. The molecule has 0 amide bonds. The van der Waals surface area contributed by atoms with Crippen LogP contribution < -0.4 is 0 Å². The third kappa shape index (κ3) is 2.58. The molecule has 15 heavy (non-hydrogen) atoms.